The van der Waals surface area contributed by atoms with Crippen LogP contribution in [0.3, 0.4) is 0 Å². The Kier molecular flexibility index (Phi) is 6.58. The number of hydrogen-bond donors (Lipinski definition) is 2. The Hall–Kier alpha value is -2.52. The molecule has 1 amide bonds. The van der Waals surface area contributed by atoms with Gasteiger partial charge in [-0.25, -0.2) is 0 Å². The van der Waals surface area contributed by atoms with Gasteiger partial charge in [-0.15, -0.1) is 6.42 Å². The van der Waals surface area contributed by atoms with Gasteiger partial charge in [-0.1, -0.05) is 29.7 Å². The molecule has 1 heterocycles. The van der Waals surface area contributed by atoms with E-state index in [0.29, 0.717) is 16.1 Å². The number of likely N-dealkylation sites (N-methyl/N-ethyl adjacent to an activating group) is 1. The Morgan fingerprint density at radius 3 is 2.61 bits per heavy atom. The molecular formula is C22H25ClN4O. The Morgan fingerprint density at radius 2 is 1.93 bits per heavy atom. The van der Waals surface area contributed by atoms with E-state index in [1.54, 1.807) is 12.1 Å². The van der Waals surface area contributed by atoms with Crippen molar-refractivity contribution in [1.29, 1.82) is 0 Å². The fourth-order valence-electron chi connectivity index (χ4n) is 3.12. The third kappa shape index (κ3) is 5.05. The van der Waals surface area contributed by atoms with Crippen LogP contribution < -0.4 is 10.9 Å². The average Bonchev–Trinajstić information content (AvgIpc) is 2.70. The number of aryl methyl sites for hydroxylation is 1. The molecule has 0 radical (unpaired) electrons. The lowest BCUT2D eigenvalue weighted by Crippen LogP contribution is -2.43. The lowest BCUT2D eigenvalue weighted by atomic mass is 10.1. The van der Waals surface area contributed by atoms with Gasteiger partial charge < -0.3 is 4.90 Å². The zero-order valence-corrected chi connectivity index (χ0v) is 17.0. The molecule has 146 valence electrons. The molecule has 5 nitrogen and oxygen atoms in total. The Labute approximate surface area is 171 Å². The van der Waals surface area contributed by atoms with Crippen molar-refractivity contribution in [1.82, 2.24) is 15.2 Å². The highest BCUT2D eigenvalue weighted by atomic mass is 35.5. The van der Waals surface area contributed by atoms with Crippen molar-refractivity contribution in [2.45, 2.75) is 13.5 Å². The lowest BCUT2D eigenvalue weighted by molar-refractivity contribution is 0.0962. The minimum absolute atomic E-state index is 0.255. The van der Waals surface area contributed by atoms with Crippen molar-refractivity contribution >= 4 is 23.2 Å². The highest BCUT2D eigenvalue weighted by molar-refractivity contribution is 6.31. The zero-order valence-electron chi connectivity index (χ0n) is 16.3. The number of nitrogens with one attached hydrogen (secondary N) is 2. The highest BCUT2D eigenvalue weighted by Gasteiger charge is 2.15. The highest BCUT2D eigenvalue weighted by Crippen LogP contribution is 2.22. The van der Waals surface area contributed by atoms with Gasteiger partial charge in [0.15, 0.2) is 0 Å². The number of anilines is 1. The smallest absolute Gasteiger partial charge is 0.269 e. The van der Waals surface area contributed by atoms with E-state index < -0.39 is 0 Å². The van der Waals surface area contributed by atoms with Crippen molar-refractivity contribution in [3.8, 4) is 12.3 Å². The average molecular weight is 397 g/mol. The molecule has 0 saturated carbocycles. The first kappa shape index (κ1) is 20.2. The maximum atomic E-state index is 12.4. The molecule has 28 heavy (non-hydrogen) atoms. The molecule has 0 atom stereocenters. The van der Waals surface area contributed by atoms with Crippen molar-refractivity contribution in [2.75, 3.05) is 38.7 Å². The monoisotopic (exact) mass is 396 g/mol. The Bertz CT molecular complexity index is 898. The minimum atomic E-state index is -0.255. The van der Waals surface area contributed by atoms with Gasteiger partial charge in [0.2, 0.25) is 0 Å². The Morgan fingerprint density at radius 1 is 1.18 bits per heavy atom. The molecule has 3 rings (SSSR count). The van der Waals surface area contributed by atoms with E-state index in [1.807, 2.05) is 31.2 Å². The van der Waals surface area contributed by atoms with Crippen molar-refractivity contribution < 1.29 is 4.79 Å². The van der Waals surface area contributed by atoms with Crippen molar-refractivity contribution in [3.63, 3.8) is 0 Å². The first-order valence-electron chi connectivity index (χ1n) is 9.29. The van der Waals surface area contributed by atoms with E-state index in [2.05, 4.69) is 33.6 Å². The van der Waals surface area contributed by atoms with Gasteiger partial charge in [-0.05, 0) is 49.4 Å². The predicted molar refractivity (Wildman–Crippen MR) is 114 cm³/mol. The van der Waals surface area contributed by atoms with E-state index >= 15 is 0 Å². The summed E-state index contributed by atoms with van der Waals surface area (Å²) >= 11 is 6.45. The molecular weight excluding hydrogens is 372 g/mol. The molecule has 1 fully saturated rings. The summed E-state index contributed by atoms with van der Waals surface area (Å²) in [5.74, 6) is 2.33. The van der Waals surface area contributed by atoms with Gasteiger partial charge in [0, 0.05) is 48.9 Å². The molecule has 0 aromatic heterocycles. The van der Waals surface area contributed by atoms with E-state index in [9.17, 15) is 4.79 Å². The fourth-order valence-corrected chi connectivity index (χ4v) is 3.36. The van der Waals surface area contributed by atoms with Gasteiger partial charge in [-0.2, -0.15) is 0 Å². The molecule has 2 aromatic carbocycles. The van der Waals surface area contributed by atoms with Crippen LogP contribution in [-0.4, -0.2) is 48.9 Å². The second-order valence-electron chi connectivity index (χ2n) is 7.14. The molecule has 1 aliphatic heterocycles. The fraction of sp³-hybridized carbons (Fsp3) is 0.318. The summed E-state index contributed by atoms with van der Waals surface area (Å²) in [4.78, 5) is 17.1. The second kappa shape index (κ2) is 9.11. The number of rotatable bonds is 5. The van der Waals surface area contributed by atoms with Gasteiger partial charge in [0.25, 0.3) is 5.91 Å². The van der Waals surface area contributed by atoms with Crippen LogP contribution in [0.5, 0.6) is 0 Å². The number of amides is 1. The summed E-state index contributed by atoms with van der Waals surface area (Å²) < 4.78 is 0. The molecule has 0 aliphatic carbocycles. The molecule has 6 heteroatoms. The van der Waals surface area contributed by atoms with E-state index in [-0.39, 0.29) is 5.91 Å². The topological polar surface area (TPSA) is 47.6 Å². The van der Waals surface area contributed by atoms with Gasteiger partial charge >= 0.3 is 0 Å². The summed E-state index contributed by atoms with van der Waals surface area (Å²) in [6.07, 6.45) is 5.47. The van der Waals surface area contributed by atoms with Gasteiger partial charge in [0.1, 0.15) is 0 Å². The minimum Gasteiger partial charge on any atom is -0.304 e. The first-order chi connectivity index (χ1) is 13.5. The van der Waals surface area contributed by atoms with E-state index in [1.165, 1.54) is 0 Å². The standard InChI is InChI=1S/C22H25ClN4O/c1-4-17-13-18(6-5-16(17)2)22(28)25-24-20-8-7-19(21(23)14-20)15-27-11-9-26(3)10-12-27/h1,5-8,13-14,24H,9-12,15H2,2-3H3,(H,25,28). The van der Waals surface area contributed by atoms with Crippen LogP contribution in [0.4, 0.5) is 5.69 Å². The van der Waals surface area contributed by atoms with Crippen LogP contribution in [0, 0.1) is 19.3 Å². The first-order valence-corrected chi connectivity index (χ1v) is 9.67. The maximum Gasteiger partial charge on any atom is 0.269 e. The summed E-state index contributed by atoms with van der Waals surface area (Å²) in [5, 5.41) is 0.683. The summed E-state index contributed by atoms with van der Waals surface area (Å²) in [6.45, 7) is 6.98. The SMILES string of the molecule is C#Cc1cc(C(=O)NNc2ccc(CN3CCN(C)CC3)c(Cl)c2)ccc1C. The number of hydrogen-bond acceptors (Lipinski definition) is 4. The van der Waals surface area contributed by atoms with E-state index in [4.69, 9.17) is 18.0 Å². The second-order valence-corrected chi connectivity index (χ2v) is 7.55. The number of nitrogens with zero attached hydrogens (tertiary/aromatic N) is 2. The van der Waals surface area contributed by atoms with Crippen LogP contribution in [0.1, 0.15) is 27.0 Å². The Balaban J connectivity index is 1.58. The third-order valence-corrected chi connectivity index (χ3v) is 5.37. The van der Waals surface area contributed by atoms with Crippen molar-refractivity contribution in [3.05, 3.63) is 63.7 Å². The van der Waals surface area contributed by atoms with Crippen LogP contribution in [-0.2, 0) is 6.54 Å². The normalized spacial score (nSPS) is 15.1. The van der Waals surface area contributed by atoms with Crippen LogP contribution in [0.2, 0.25) is 5.02 Å². The molecule has 0 unspecified atom stereocenters. The number of hydrazine groups is 1. The maximum absolute atomic E-state index is 12.4. The third-order valence-electron chi connectivity index (χ3n) is 5.02. The van der Waals surface area contributed by atoms with Crippen molar-refractivity contribution in [2.24, 2.45) is 0 Å². The van der Waals surface area contributed by atoms with Crippen LogP contribution >= 0.6 is 11.6 Å². The van der Waals surface area contributed by atoms with Crippen LogP contribution in [0.15, 0.2) is 36.4 Å². The molecule has 2 N–H and O–H groups in total. The zero-order chi connectivity index (χ0) is 20.1. The number of piperazine rings is 1. The summed E-state index contributed by atoms with van der Waals surface area (Å²) in [6, 6.07) is 11.0. The number of carbonyl (C=O) groups excluding carboxylic acids is 1. The number of terminal acetylenes is 1. The van der Waals surface area contributed by atoms with Gasteiger partial charge in [-0.3, -0.25) is 20.5 Å². The largest absolute Gasteiger partial charge is 0.304 e. The molecule has 0 spiro atoms. The predicted octanol–water partition coefficient (Wildman–Crippen LogP) is 3.13. The molecule has 1 aliphatic rings. The van der Waals surface area contributed by atoms with Gasteiger partial charge in [0.05, 0.1) is 5.69 Å². The van der Waals surface area contributed by atoms with E-state index in [0.717, 1.165) is 49.5 Å². The molecule has 1 saturated heterocycles. The molecule has 2 aromatic rings. The number of halogens is 1. The quantitative estimate of drug-likeness (QED) is 0.602. The van der Waals surface area contributed by atoms with Crippen LogP contribution in [0.25, 0.3) is 0 Å². The summed E-state index contributed by atoms with van der Waals surface area (Å²) in [5.41, 5.74) is 9.60. The summed E-state index contributed by atoms with van der Waals surface area (Å²) in [7, 11) is 2.14. The number of benzene rings is 2. The molecule has 0 bridgehead atoms. The lowest BCUT2D eigenvalue weighted by Gasteiger charge is -2.32. The number of carbonyl (C=O) groups is 1.